The van der Waals surface area contributed by atoms with Crippen molar-refractivity contribution in [2.24, 2.45) is 0 Å². The molecule has 0 aliphatic heterocycles. The number of hydrogen-bond donors (Lipinski definition) is 2. The summed E-state index contributed by atoms with van der Waals surface area (Å²) in [5.74, 6) is 0. The molecule has 0 unspecified atom stereocenters. The Kier molecular flexibility index (Phi) is 3.60. The van der Waals surface area contributed by atoms with E-state index < -0.39 is 0 Å². The summed E-state index contributed by atoms with van der Waals surface area (Å²) < 4.78 is 2.10. The zero-order valence-electron chi connectivity index (χ0n) is 7.08. The maximum Gasteiger partial charge on any atom is 0.166 e. The highest BCUT2D eigenvalue weighted by atomic mass is 32.1. The van der Waals surface area contributed by atoms with Crippen molar-refractivity contribution in [3.05, 3.63) is 24.5 Å². The molecule has 1 aromatic heterocycles. The Bertz CT molecular complexity index is 230. The van der Waals surface area contributed by atoms with Gasteiger partial charge in [0.25, 0.3) is 0 Å². The summed E-state index contributed by atoms with van der Waals surface area (Å²) in [6.07, 6.45) is 4.06. The first kappa shape index (κ1) is 9.06. The van der Waals surface area contributed by atoms with Crippen LogP contribution in [0.5, 0.6) is 0 Å². The molecule has 66 valence electrons. The summed E-state index contributed by atoms with van der Waals surface area (Å²) >= 11 is 4.92. The molecule has 0 fully saturated rings. The molecule has 1 aromatic rings. The van der Waals surface area contributed by atoms with Gasteiger partial charge in [0.2, 0.25) is 0 Å². The standard InChI is InChI=1S/C8H13N3S/c1-9-8(12)10-4-7-11-5-2-3-6-11/h2-3,5-6H,4,7H2,1H3,(H2,9,10,12). The molecular formula is C8H13N3S. The van der Waals surface area contributed by atoms with E-state index in [-0.39, 0.29) is 0 Å². The molecule has 4 heteroatoms. The van der Waals surface area contributed by atoms with Gasteiger partial charge in [0.1, 0.15) is 0 Å². The average molecular weight is 183 g/mol. The van der Waals surface area contributed by atoms with Crippen LogP contribution in [-0.4, -0.2) is 23.3 Å². The van der Waals surface area contributed by atoms with Crippen LogP contribution in [0, 0.1) is 0 Å². The van der Waals surface area contributed by atoms with Crippen LogP contribution >= 0.6 is 12.2 Å². The van der Waals surface area contributed by atoms with Crippen LogP contribution in [0.1, 0.15) is 0 Å². The Hall–Kier alpha value is -1.03. The highest BCUT2D eigenvalue weighted by Gasteiger charge is 1.90. The number of hydrogen-bond acceptors (Lipinski definition) is 1. The van der Waals surface area contributed by atoms with E-state index in [4.69, 9.17) is 12.2 Å². The van der Waals surface area contributed by atoms with Crippen molar-refractivity contribution in [3.8, 4) is 0 Å². The van der Waals surface area contributed by atoms with Crippen molar-refractivity contribution in [1.82, 2.24) is 15.2 Å². The molecule has 0 aliphatic rings. The summed E-state index contributed by atoms with van der Waals surface area (Å²) in [6, 6.07) is 4.02. The molecule has 0 radical (unpaired) electrons. The molecule has 1 heterocycles. The van der Waals surface area contributed by atoms with Crippen LogP contribution in [0.2, 0.25) is 0 Å². The first-order chi connectivity index (χ1) is 5.83. The van der Waals surface area contributed by atoms with E-state index in [0.717, 1.165) is 13.1 Å². The molecule has 3 nitrogen and oxygen atoms in total. The molecule has 0 aliphatic carbocycles. The Morgan fingerprint density at radius 1 is 1.42 bits per heavy atom. The van der Waals surface area contributed by atoms with Gasteiger partial charge in [-0.15, -0.1) is 0 Å². The smallest absolute Gasteiger partial charge is 0.166 e. The molecule has 0 amide bonds. The zero-order chi connectivity index (χ0) is 8.81. The molecule has 2 N–H and O–H groups in total. The van der Waals surface area contributed by atoms with Gasteiger partial charge in [-0.3, -0.25) is 0 Å². The Balaban J connectivity index is 2.15. The largest absolute Gasteiger partial charge is 0.366 e. The first-order valence-corrected chi connectivity index (χ1v) is 4.30. The monoisotopic (exact) mass is 183 g/mol. The van der Waals surface area contributed by atoms with Crippen molar-refractivity contribution in [2.45, 2.75) is 6.54 Å². The van der Waals surface area contributed by atoms with Gasteiger partial charge in [-0.1, -0.05) is 0 Å². The van der Waals surface area contributed by atoms with Crippen LogP contribution < -0.4 is 10.6 Å². The van der Waals surface area contributed by atoms with E-state index in [0.29, 0.717) is 5.11 Å². The topological polar surface area (TPSA) is 29.0 Å². The lowest BCUT2D eigenvalue weighted by molar-refractivity contribution is 0.675. The third-order valence-corrected chi connectivity index (χ3v) is 1.90. The van der Waals surface area contributed by atoms with Crippen molar-refractivity contribution >= 4 is 17.3 Å². The number of rotatable bonds is 3. The molecule has 0 bridgehead atoms. The van der Waals surface area contributed by atoms with Gasteiger partial charge in [-0.05, 0) is 24.4 Å². The summed E-state index contributed by atoms with van der Waals surface area (Å²) in [5, 5.41) is 6.62. The highest BCUT2D eigenvalue weighted by molar-refractivity contribution is 7.80. The van der Waals surface area contributed by atoms with Crippen molar-refractivity contribution in [3.63, 3.8) is 0 Å². The first-order valence-electron chi connectivity index (χ1n) is 3.89. The minimum absolute atomic E-state index is 0.696. The van der Waals surface area contributed by atoms with Gasteiger partial charge in [0, 0.05) is 32.5 Å². The van der Waals surface area contributed by atoms with Gasteiger partial charge < -0.3 is 15.2 Å². The van der Waals surface area contributed by atoms with Crippen LogP contribution in [0.15, 0.2) is 24.5 Å². The van der Waals surface area contributed by atoms with Gasteiger partial charge >= 0.3 is 0 Å². The Morgan fingerprint density at radius 2 is 2.08 bits per heavy atom. The van der Waals surface area contributed by atoms with E-state index in [9.17, 15) is 0 Å². The number of nitrogens with one attached hydrogen (secondary N) is 2. The van der Waals surface area contributed by atoms with E-state index in [1.165, 1.54) is 0 Å². The van der Waals surface area contributed by atoms with E-state index in [1.54, 1.807) is 0 Å². The maximum atomic E-state index is 4.92. The van der Waals surface area contributed by atoms with Gasteiger partial charge in [-0.2, -0.15) is 0 Å². The third-order valence-electron chi connectivity index (χ3n) is 1.55. The number of nitrogens with zero attached hydrogens (tertiary/aromatic N) is 1. The molecular weight excluding hydrogens is 170 g/mol. The summed E-state index contributed by atoms with van der Waals surface area (Å²) in [7, 11) is 1.81. The lowest BCUT2D eigenvalue weighted by Gasteiger charge is -2.06. The van der Waals surface area contributed by atoms with Gasteiger partial charge in [0.15, 0.2) is 5.11 Å². The van der Waals surface area contributed by atoms with Gasteiger partial charge in [0.05, 0.1) is 0 Å². The fraction of sp³-hybridized carbons (Fsp3) is 0.375. The summed E-state index contributed by atoms with van der Waals surface area (Å²) in [6.45, 7) is 1.79. The average Bonchev–Trinajstić information content (AvgIpc) is 2.57. The lowest BCUT2D eigenvalue weighted by atomic mass is 10.6. The van der Waals surface area contributed by atoms with E-state index in [2.05, 4.69) is 15.2 Å². The Morgan fingerprint density at radius 3 is 2.67 bits per heavy atom. The second-order valence-corrected chi connectivity index (χ2v) is 2.84. The second-order valence-electron chi connectivity index (χ2n) is 2.43. The predicted octanol–water partition coefficient (Wildman–Crippen LogP) is 0.582. The quantitative estimate of drug-likeness (QED) is 0.672. The fourth-order valence-electron chi connectivity index (χ4n) is 0.906. The van der Waals surface area contributed by atoms with Crippen LogP contribution in [0.4, 0.5) is 0 Å². The molecule has 0 spiro atoms. The lowest BCUT2D eigenvalue weighted by Crippen LogP contribution is -2.34. The zero-order valence-corrected chi connectivity index (χ0v) is 7.90. The second kappa shape index (κ2) is 4.77. The Labute approximate surface area is 77.8 Å². The molecule has 0 saturated heterocycles. The predicted molar refractivity (Wildman–Crippen MR) is 54.1 cm³/mol. The van der Waals surface area contributed by atoms with Crippen LogP contribution in [-0.2, 0) is 6.54 Å². The van der Waals surface area contributed by atoms with Gasteiger partial charge in [-0.25, -0.2) is 0 Å². The van der Waals surface area contributed by atoms with Crippen molar-refractivity contribution < 1.29 is 0 Å². The normalized spacial score (nSPS) is 9.42. The third kappa shape index (κ3) is 2.92. The van der Waals surface area contributed by atoms with Crippen LogP contribution in [0.3, 0.4) is 0 Å². The van der Waals surface area contributed by atoms with Crippen LogP contribution in [0.25, 0.3) is 0 Å². The number of thiocarbonyl (C=S) groups is 1. The molecule has 0 atom stereocenters. The SMILES string of the molecule is CNC(=S)NCCn1cccc1. The summed E-state index contributed by atoms with van der Waals surface area (Å²) in [5.41, 5.74) is 0. The number of aromatic nitrogens is 1. The van der Waals surface area contributed by atoms with E-state index >= 15 is 0 Å². The molecule has 0 saturated carbocycles. The van der Waals surface area contributed by atoms with E-state index in [1.807, 2.05) is 31.6 Å². The minimum atomic E-state index is 0.696. The maximum absolute atomic E-state index is 4.92. The molecule has 0 aromatic carbocycles. The van der Waals surface area contributed by atoms with Crippen molar-refractivity contribution in [2.75, 3.05) is 13.6 Å². The highest BCUT2D eigenvalue weighted by Crippen LogP contribution is 1.87. The molecule has 1 rings (SSSR count). The van der Waals surface area contributed by atoms with Crippen molar-refractivity contribution in [1.29, 1.82) is 0 Å². The minimum Gasteiger partial charge on any atom is -0.366 e. The summed E-state index contributed by atoms with van der Waals surface area (Å²) in [4.78, 5) is 0. The molecule has 12 heavy (non-hydrogen) atoms. The fourth-order valence-corrected chi connectivity index (χ4v) is 1.01.